The predicted molar refractivity (Wildman–Crippen MR) is 67.6 cm³/mol. The lowest BCUT2D eigenvalue weighted by atomic mass is 10.2. The Labute approximate surface area is 95.5 Å². The molecule has 0 saturated carbocycles. The molecule has 0 aliphatic carbocycles. The Morgan fingerprint density at radius 3 is 2.60 bits per heavy atom. The van der Waals surface area contributed by atoms with Gasteiger partial charge in [-0.3, -0.25) is 0 Å². The number of aryl methyl sites for hydroxylation is 1. The molecule has 1 rings (SSSR count). The molecule has 15 heavy (non-hydrogen) atoms. The van der Waals surface area contributed by atoms with Crippen LogP contribution in [0.25, 0.3) is 0 Å². The van der Waals surface area contributed by atoms with Gasteiger partial charge in [0, 0.05) is 0 Å². The summed E-state index contributed by atoms with van der Waals surface area (Å²) >= 11 is 1.64. The number of nitrogens with zero attached hydrogens (tertiary/aromatic N) is 2. The highest BCUT2D eigenvalue weighted by Crippen LogP contribution is 2.19. The Morgan fingerprint density at radius 2 is 2.00 bits per heavy atom. The summed E-state index contributed by atoms with van der Waals surface area (Å²) in [4.78, 5) is 0. The lowest BCUT2D eigenvalue weighted by Crippen LogP contribution is -1.73. The third-order valence-corrected chi connectivity index (χ3v) is 2.81. The van der Waals surface area contributed by atoms with E-state index in [1.54, 1.807) is 11.8 Å². The van der Waals surface area contributed by atoms with Crippen LogP contribution in [0.15, 0.2) is 46.1 Å². The minimum atomic E-state index is 0.775. The molecule has 0 fully saturated rings. The fourth-order valence-corrected chi connectivity index (χ4v) is 1.51. The van der Waals surface area contributed by atoms with E-state index in [0.717, 1.165) is 22.9 Å². The average Bonchev–Trinajstić information content (AvgIpc) is 2.25. The van der Waals surface area contributed by atoms with Gasteiger partial charge in [-0.15, -0.1) is 16.9 Å². The zero-order valence-electron chi connectivity index (χ0n) is 9.23. The van der Waals surface area contributed by atoms with Gasteiger partial charge in [-0.05, 0) is 31.2 Å². The molecule has 1 aromatic carbocycles. The van der Waals surface area contributed by atoms with Crippen molar-refractivity contribution in [2.24, 2.45) is 10.2 Å². The highest BCUT2D eigenvalue weighted by Gasteiger charge is 1.92. The van der Waals surface area contributed by atoms with Gasteiger partial charge in [0.15, 0.2) is 0 Å². The Morgan fingerprint density at radius 1 is 1.33 bits per heavy atom. The van der Waals surface area contributed by atoms with Crippen LogP contribution in [-0.4, -0.2) is 5.75 Å². The summed E-state index contributed by atoms with van der Waals surface area (Å²) in [6, 6.07) is 7.96. The lowest BCUT2D eigenvalue weighted by Gasteiger charge is -1.96. The van der Waals surface area contributed by atoms with Crippen molar-refractivity contribution in [3.8, 4) is 0 Å². The summed E-state index contributed by atoms with van der Waals surface area (Å²) in [6.45, 7) is 8.02. The minimum absolute atomic E-state index is 0.775. The van der Waals surface area contributed by atoms with E-state index in [0.29, 0.717) is 0 Å². The van der Waals surface area contributed by atoms with Crippen molar-refractivity contribution in [1.82, 2.24) is 0 Å². The van der Waals surface area contributed by atoms with Crippen molar-refractivity contribution in [1.29, 1.82) is 0 Å². The van der Waals surface area contributed by atoms with Crippen molar-refractivity contribution < 1.29 is 0 Å². The molecule has 0 radical (unpaired) electrons. The van der Waals surface area contributed by atoms with Crippen molar-refractivity contribution in [2.45, 2.75) is 20.3 Å². The third-order valence-electron chi connectivity index (χ3n) is 1.78. The molecule has 0 aliphatic heterocycles. The Kier molecular flexibility index (Phi) is 5.12. The monoisotopic (exact) mass is 220 g/mol. The Bertz CT molecular complexity index is 341. The van der Waals surface area contributed by atoms with E-state index in [1.165, 1.54) is 5.56 Å². The molecular formula is C12H16N2S. The molecule has 0 saturated heterocycles. The first-order chi connectivity index (χ1) is 7.22. The number of benzene rings is 1. The van der Waals surface area contributed by atoms with Crippen LogP contribution >= 0.6 is 11.8 Å². The van der Waals surface area contributed by atoms with Crippen molar-refractivity contribution in [3.05, 3.63) is 41.4 Å². The van der Waals surface area contributed by atoms with Gasteiger partial charge in [-0.2, -0.15) is 5.11 Å². The van der Waals surface area contributed by atoms with Gasteiger partial charge in [-0.1, -0.05) is 31.2 Å². The number of rotatable bonds is 5. The largest absolute Gasteiger partial charge is 0.150 e. The zero-order valence-corrected chi connectivity index (χ0v) is 10.0. The van der Waals surface area contributed by atoms with E-state index in [9.17, 15) is 0 Å². The van der Waals surface area contributed by atoms with Crippen LogP contribution < -0.4 is 0 Å². The van der Waals surface area contributed by atoms with E-state index >= 15 is 0 Å². The summed E-state index contributed by atoms with van der Waals surface area (Å²) in [7, 11) is 0. The van der Waals surface area contributed by atoms with E-state index in [2.05, 4.69) is 30.7 Å². The normalized spacial score (nSPS) is 10.8. The summed E-state index contributed by atoms with van der Waals surface area (Å²) in [5.41, 5.74) is 2.10. The molecule has 1 aromatic rings. The number of thioether (sulfide) groups is 1. The van der Waals surface area contributed by atoms with Crippen molar-refractivity contribution >= 4 is 17.4 Å². The molecule has 0 heterocycles. The average molecular weight is 220 g/mol. The Balaban J connectivity index is 2.50. The fourth-order valence-electron chi connectivity index (χ4n) is 0.974. The second kappa shape index (κ2) is 6.40. The standard InChI is InChI=1S/C12H16N2S/c1-4-9-15-11(3)13-14-12-7-5-10(2)6-8-12/h5-8H,3-4,9H2,1-2H3. The molecule has 0 spiro atoms. The summed E-state index contributed by atoms with van der Waals surface area (Å²) in [6.07, 6.45) is 1.13. The molecule has 0 aromatic heterocycles. The molecule has 0 N–H and O–H groups in total. The van der Waals surface area contributed by atoms with Gasteiger partial charge in [0.1, 0.15) is 5.03 Å². The maximum absolute atomic E-state index is 4.10. The van der Waals surface area contributed by atoms with Crippen LogP contribution in [0.1, 0.15) is 18.9 Å². The van der Waals surface area contributed by atoms with E-state index in [4.69, 9.17) is 0 Å². The molecule has 0 aliphatic rings. The van der Waals surface area contributed by atoms with Crippen molar-refractivity contribution in [3.63, 3.8) is 0 Å². The van der Waals surface area contributed by atoms with Crippen LogP contribution in [0.2, 0.25) is 0 Å². The fraction of sp³-hybridized carbons (Fsp3) is 0.333. The molecule has 3 heteroatoms. The second-order valence-corrected chi connectivity index (χ2v) is 4.45. The SMILES string of the molecule is C=C(N=Nc1ccc(C)cc1)SCCC. The van der Waals surface area contributed by atoms with Gasteiger partial charge in [0.25, 0.3) is 0 Å². The van der Waals surface area contributed by atoms with Gasteiger partial charge in [-0.25, -0.2) is 0 Å². The molecule has 80 valence electrons. The predicted octanol–water partition coefficient (Wildman–Crippen LogP) is 4.69. The van der Waals surface area contributed by atoms with Crippen LogP contribution in [0, 0.1) is 6.92 Å². The van der Waals surface area contributed by atoms with Gasteiger partial charge in [0.05, 0.1) is 5.69 Å². The molecule has 0 unspecified atom stereocenters. The number of hydrogen-bond donors (Lipinski definition) is 0. The zero-order chi connectivity index (χ0) is 11.1. The van der Waals surface area contributed by atoms with Crippen LogP contribution in [-0.2, 0) is 0 Å². The molecule has 0 atom stereocenters. The molecular weight excluding hydrogens is 204 g/mol. The second-order valence-electron chi connectivity index (χ2n) is 3.28. The highest BCUT2D eigenvalue weighted by atomic mass is 32.2. The van der Waals surface area contributed by atoms with Gasteiger partial charge >= 0.3 is 0 Å². The maximum Gasteiger partial charge on any atom is 0.112 e. The number of azo groups is 1. The molecule has 2 nitrogen and oxygen atoms in total. The first-order valence-electron chi connectivity index (χ1n) is 5.02. The van der Waals surface area contributed by atoms with E-state index in [1.807, 2.05) is 24.3 Å². The molecule has 0 amide bonds. The van der Waals surface area contributed by atoms with Gasteiger partial charge in [0.2, 0.25) is 0 Å². The smallest absolute Gasteiger partial charge is 0.112 e. The quantitative estimate of drug-likeness (QED) is 0.660. The minimum Gasteiger partial charge on any atom is -0.150 e. The lowest BCUT2D eigenvalue weighted by molar-refractivity contribution is 1.10. The first-order valence-corrected chi connectivity index (χ1v) is 6.01. The van der Waals surface area contributed by atoms with E-state index < -0.39 is 0 Å². The Hall–Kier alpha value is -1.09. The van der Waals surface area contributed by atoms with Gasteiger partial charge < -0.3 is 0 Å². The summed E-state index contributed by atoms with van der Waals surface area (Å²) in [5.74, 6) is 1.05. The maximum atomic E-state index is 4.10. The summed E-state index contributed by atoms with van der Waals surface area (Å²) < 4.78 is 0. The molecule has 0 bridgehead atoms. The highest BCUT2D eigenvalue weighted by molar-refractivity contribution is 8.03. The number of hydrogen-bond acceptors (Lipinski definition) is 3. The topological polar surface area (TPSA) is 24.7 Å². The van der Waals surface area contributed by atoms with Crippen molar-refractivity contribution in [2.75, 3.05) is 5.75 Å². The third kappa shape index (κ3) is 4.79. The first kappa shape index (κ1) is 12.0. The van der Waals surface area contributed by atoms with Crippen LogP contribution in [0.4, 0.5) is 5.69 Å². The van der Waals surface area contributed by atoms with Crippen LogP contribution in [0.5, 0.6) is 0 Å². The van der Waals surface area contributed by atoms with E-state index in [-0.39, 0.29) is 0 Å². The van der Waals surface area contributed by atoms with Crippen LogP contribution in [0.3, 0.4) is 0 Å². The summed E-state index contributed by atoms with van der Waals surface area (Å²) in [5, 5.41) is 8.94.